The zero-order chi connectivity index (χ0) is 57.3. The zero-order valence-electron chi connectivity index (χ0n) is 46.4. The van der Waals surface area contributed by atoms with E-state index in [9.17, 15) is 48.3 Å². The SMILES string of the molecule is CCCCCCC[C@@H](O)CC(=O)N[C@H](CCCN)C(=O)N[C@H]1CCCCNC(=O)[C@H](CC(C)C)NC(=O)[C@H](CCN)NC(=O)[C@H](CCN)NC(=O)[C@H](CC(C)C)NC(=O)[C@@H](Cc2ccccc2)NC(=O)[C@H](CCN)NC1=O. The van der Waals surface area contributed by atoms with Crippen molar-refractivity contribution in [1.82, 2.24) is 47.9 Å². The summed E-state index contributed by atoms with van der Waals surface area (Å²) in [6, 6.07) is -1.00. The molecular weight excluding hydrogens is 991 g/mol. The highest BCUT2D eigenvalue weighted by atomic mass is 16.3. The molecule has 0 bridgehead atoms. The molecule has 77 heavy (non-hydrogen) atoms. The molecule has 23 heteroatoms. The Labute approximate surface area is 455 Å². The fraction of sp³-hybridized carbons (Fsp3) is 0.722. The van der Waals surface area contributed by atoms with Gasteiger partial charge in [0.05, 0.1) is 12.5 Å². The Balaban J connectivity index is 2.66. The average Bonchev–Trinajstić information content (AvgIpc) is 3.37. The number of rotatable bonds is 26. The van der Waals surface area contributed by atoms with Crippen molar-refractivity contribution in [2.24, 2.45) is 34.8 Å². The molecule has 1 saturated heterocycles. The molecule has 9 amide bonds. The third kappa shape index (κ3) is 26.9. The second kappa shape index (κ2) is 37.9. The molecule has 9 atom stereocenters. The summed E-state index contributed by atoms with van der Waals surface area (Å²) >= 11 is 0. The fourth-order valence-corrected chi connectivity index (χ4v) is 8.90. The quantitative estimate of drug-likeness (QED) is 0.0516. The third-order valence-corrected chi connectivity index (χ3v) is 13.1. The van der Waals surface area contributed by atoms with Gasteiger partial charge in [0.15, 0.2) is 0 Å². The second-order valence-electron chi connectivity index (χ2n) is 21.0. The van der Waals surface area contributed by atoms with Gasteiger partial charge in [-0.2, -0.15) is 0 Å². The first-order valence-electron chi connectivity index (χ1n) is 28.0. The number of nitrogens with two attached hydrogens (primary N) is 4. The highest BCUT2D eigenvalue weighted by Gasteiger charge is 2.35. The third-order valence-electron chi connectivity index (χ3n) is 13.1. The molecule has 1 aromatic rings. The zero-order valence-corrected chi connectivity index (χ0v) is 46.4. The summed E-state index contributed by atoms with van der Waals surface area (Å²) in [7, 11) is 0. The number of unbranched alkanes of at least 4 members (excludes halogenated alkanes) is 4. The van der Waals surface area contributed by atoms with E-state index in [-0.39, 0.29) is 115 Å². The van der Waals surface area contributed by atoms with Crippen molar-refractivity contribution in [3.05, 3.63) is 35.9 Å². The van der Waals surface area contributed by atoms with E-state index in [1.807, 2.05) is 27.7 Å². The minimum atomic E-state index is -1.33. The summed E-state index contributed by atoms with van der Waals surface area (Å²) in [6.45, 7) is 9.66. The van der Waals surface area contributed by atoms with E-state index < -0.39 is 108 Å². The fourth-order valence-electron chi connectivity index (χ4n) is 8.90. The first-order chi connectivity index (χ1) is 36.8. The first-order valence-corrected chi connectivity index (χ1v) is 28.0. The average molecular weight is 1090 g/mol. The van der Waals surface area contributed by atoms with Crippen LogP contribution in [0, 0.1) is 11.8 Å². The number of hydrogen-bond acceptors (Lipinski definition) is 14. The molecule has 0 saturated carbocycles. The lowest BCUT2D eigenvalue weighted by Crippen LogP contribution is -2.61. The van der Waals surface area contributed by atoms with Crippen molar-refractivity contribution in [2.45, 2.75) is 205 Å². The normalized spacial score (nSPS) is 22.9. The van der Waals surface area contributed by atoms with Crippen LogP contribution in [0.15, 0.2) is 30.3 Å². The number of carbonyl (C=O) groups excluding carboxylic acids is 9. The molecule has 0 unspecified atom stereocenters. The van der Waals surface area contributed by atoms with E-state index in [4.69, 9.17) is 22.9 Å². The van der Waals surface area contributed by atoms with Crippen molar-refractivity contribution < 1.29 is 48.3 Å². The van der Waals surface area contributed by atoms with E-state index >= 15 is 0 Å². The Kier molecular flexibility index (Phi) is 33.2. The van der Waals surface area contributed by atoms with Crippen molar-refractivity contribution in [1.29, 1.82) is 0 Å². The van der Waals surface area contributed by atoms with Gasteiger partial charge in [-0.05, 0) is 114 Å². The Morgan fingerprint density at radius 3 is 1.58 bits per heavy atom. The molecule has 0 aliphatic carbocycles. The van der Waals surface area contributed by atoms with Gasteiger partial charge in [-0.15, -0.1) is 0 Å². The van der Waals surface area contributed by atoms with Crippen LogP contribution in [0.4, 0.5) is 0 Å². The molecule has 436 valence electrons. The van der Waals surface area contributed by atoms with Crippen LogP contribution in [0.5, 0.6) is 0 Å². The van der Waals surface area contributed by atoms with Crippen molar-refractivity contribution >= 4 is 53.2 Å². The molecule has 23 nitrogen and oxygen atoms in total. The van der Waals surface area contributed by atoms with Crippen LogP contribution in [0.1, 0.15) is 149 Å². The summed E-state index contributed by atoms with van der Waals surface area (Å²) in [6.07, 6.45) is 5.23. The van der Waals surface area contributed by atoms with Gasteiger partial charge >= 0.3 is 0 Å². The van der Waals surface area contributed by atoms with Crippen LogP contribution in [0.25, 0.3) is 0 Å². The van der Waals surface area contributed by atoms with Crippen LogP contribution < -0.4 is 70.8 Å². The highest BCUT2D eigenvalue weighted by Crippen LogP contribution is 2.14. The number of aliphatic hydroxyl groups excluding tert-OH is 1. The Morgan fingerprint density at radius 2 is 1.06 bits per heavy atom. The molecule has 1 aromatic carbocycles. The molecular formula is C54H95N13O10. The molecule has 1 fully saturated rings. The number of benzene rings is 1. The summed E-state index contributed by atoms with van der Waals surface area (Å²) in [4.78, 5) is 126. The van der Waals surface area contributed by atoms with Gasteiger partial charge in [0.2, 0.25) is 53.2 Å². The molecule has 0 spiro atoms. The number of hydrogen-bond donors (Lipinski definition) is 14. The number of amides is 9. The van der Waals surface area contributed by atoms with Crippen molar-refractivity contribution in [3.8, 4) is 0 Å². The Bertz CT molecular complexity index is 1980. The van der Waals surface area contributed by atoms with Crippen LogP contribution in [-0.2, 0) is 49.6 Å². The summed E-state index contributed by atoms with van der Waals surface area (Å²) in [5.41, 5.74) is 24.3. The van der Waals surface area contributed by atoms with E-state index in [1.165, 1.54) is 0 Å². The lowest BCUT2D eigenvalue weighted by Gasteiger charge is -2.28. The lowest BCUT2D eigenvalue weighted by molar-refractivity contribution is -0.136. The van der Waals surface area contributed by atoms with E-state index in [0.29, 0.717) is 18.4 Å². The van der Waals surface area contributed by atoms with Gasteiger partial charge in [0.1, 0.15) is 48.3 Å². The van der Waals surface area contributed by atoms with Gasteiger partial charge in [0.25, 0.3) is 0 Å². The highest BCUT2D eigenvalue weighted by molar-refractivity contribution is 5.98. The summed E-state index contributed by atoms with van der Waals surface area (Å²) in [5, 5.41) is 35.3. The maximum absolute atomic E-state index is 14.4. The Hall–Kier alpha value is -5.75. The molecule has 0 radical (unpaired) electrons. The summed E-state index contributed by atoms with van der Waals surface area (Å²) in [5.74, 6) is -6.46. The molecule has 1 heterocycles. The van der Waals surface area contributed by atoms with Crippen molar-refractivity contribution in [2.75, 3.05) is 32.7 Å². The molecule has 1 aliphatic rings. The lowest BCUT2D eigenvalue weighted by atomic mass is 10.00. The smallest absolute Gasteiger partial charge is 0.243 e. The predicted molar refractivity (Wildman–Crippen MR) is 295 cm³/mol. The molecule has 2 rings (SSSR count). The van der Waals surface area contributed by atoms with E-state index in [0.717, 1.165) is 32.1 Å². The van der Waals surface area contributed by atoms with Crippen molar-refractivity contribution in [3.63, 3.8) is 0 Å². The monoisotopic (exact) mass is 1090 g/mol. The van der Waals surface area contributed by atoms with E-state index in [2.05, 4.69) is 54.8 Å². The standard InChI is InChI=1S/C54H95N13O10/c1-6-7-8-9-13-19-37(68)33-46(69)60-38(21-16-25-55)48(71)61-39-20-14-15-29-59-47(70)43(30-34(2)3)65-51(74)41(23-27-57)63-50(73)40(22-26-56)64-53(76)44(31-35(4)5)66-54(77)45(32-36-17-11-10-12-18-36)67-52(75)42(24-28-58)62-49(39)72/h10-12,17-18,34-35,37-45,68H,6-9,13-16,19-33,55-58H2,1-5H3,(H,59,70)(H,60,69)(H,61,71)(H,62,72)(H,63,73)(H,64,76)(H,65,74)(H,66,77)(H,67,75)/t37-,38-,39+,40+,41+,42+,43+,44+,45-/m1/s1. The molecule has 1 aliphatic heterocycles. The van der Waals surface area contributed by atoms with Gasteiger partial charge in [0, 0.05) is 13.0 Å². The molecule has 18 N–H and O–H groups in total. The predicted octanol–water partition coefficient (Wildman–Crippen LogP) is -0.603. The van der Waals surface area contributed by atoms with Crippen LogP contribution in [-0.4, -0.2) is 145 Å². The topological polar surface area (TPSA) is 386 Å². The number of carbonyl (C=O) groups is 9. The largest absolute Gasteiger partial charge is 0.393 e. The van der Waals surface area contributed by atoms with Crippen LogP contribution in [0.3, 0.4) is 0 Å². The van der Waals surface area contributed by atoms with Crippen LogP contribution >= 0.6 is 0 Å². The maximum atomic E-state index is 14.4. The number of nitrogens with one attached hydrogen (secondary N) is 9. The van der Waals surface area contributed by atoms with E-state index in [1.54, 1.807) is 30.3 Å². The molecule has 0 aromatic heterocycles. The summed E-state index contributed by atoms with van der Waals surface area (Å²) < 4.78 is 0. The Morgan fingerprint density at radius 1 is 0.584 bits per heavy atom. The minimum absolute atomic E-state index is 0.00513. The first kappa shape index (κ1) is 67.4. The van der Waals surface area contributed by atoms with Gasteiger partial charge in [-0.25, -0.2) is 0 Å². The minimum Gasteiger partial charge on any atom is -0.393 e. The second-order valence-corrected chi connectivity index (χ2v) is 21.0. The van der Waals surface area contributed by atoms with Gasteiger partial charge in [-0.3, -0.25) is 43.2 Å². The number of aliphatic hydroxyl groups is 1. The van der Waals surface area contributed by atoms with Gasteiger partial charge < -0.3 is 75.9 Å². The maximum Gasteiger partial charge on any atom is 0.243 e. The van der Waals surface area contributed by atoms with Crippen LogP contribution in [0.2, 0.25) is 0 Å². The van der Waals surface area contributed by atoms with Gasteiger partial charge in [-0.1, -0.05) is 97.1 Å².